The Morgan fingerprint density at radius 2 is 1.79 bits per heavy atom. The van der Waals surface area contributed by atoms with Crippen LogP contribution in [0.25, 0.3) is 10.9 Å². The van der Waals surface area contributed by atoms with E-state index in [1.54, 1.807) is 24.3 Å². The molecule has 1 aliphatic heterocycles. The highest BCUT2D eigenvalue weighted by Gasteiger charge is 2.38. The number of rotatable bonds is 7. The van der Waals surface area contributed by atoms with Gasteiger partial charge in [0.25, 0.3) is 5.91 Å². The van der Waals surface area contributed by atoms with Crippen molar-refractivity contribution in [3.63, 3.8) is 0 Å². The van der Waals surface area contributed by atoms with E-state index in [4.69, 9.17) is 0 Å². The molecule has 0 bridgehead atoms. The van der Waals surface area contributed by atoms with E-state index in [0.29, 0.717) is 12.2 Å². The van der Waals surface area contributed by atoms with Crippen LogP contribution in [0.5, 0.6) is 0 Å². The number of carbonyl (C=O) groups is 3. The molecule has 4 amide bonds. The van der Waals surface area contributed by atoms with Gasteiger partial charge in [0.15, 0.2) is 0 Å². The molecule has 29 heavy (non-hydrogen) atoms. The summed E-state index contributed by atoms with van der Waals surface area (Å²) in [5.41, 5.74) is 2.76. The van der Waals surface area contributed by atoms with Crippen LogP contribution in [0, 0.1) is 0 Å². The van der Waals surface area contributed by atoms with Crippen molar-refractivity contribution in [3.8, 4) is 0 Å². The molecule has 1 atom stereocenters. The fourth-order valence-corrected chi connectivity index (χ4v) is 3.59. The molecule has 0 spiro atoms. The van der Waals surface area contributed by atoms with Gasteiger partial charge in [-0.3, -0.25) is 9.59 Å². The van der Waals surface area contributed by atoms with Gasteiger partial charge >= 0.3 is 6.03 Å². The zero-order valence-electron chi connectivity index (χ0n) is 15.9. The van der Waals surface area contributed by atoms with E-state index in [1.807, 2.05) is 30.5 Å². The highest BCUT2D eigenvalue weighted by Crippen LogP contribution is 2.21. The molecule has 148 valence electrons. The summed E-state index contributed by atoms with van der Waals surface area (Å²) in [6.45, 7) is 0.516. The third-order valence-corrected chi connectivity index (χ3v) is 5.09. The Morgan fingerprint density at radius 3 is 2.62 bits per heavy atom. The van der Waals surface area contributed by atoms with Gasteiger partial charge in [0.05, 0.1) is 5.69 Å². The monoisotopic (exact) mass is 390 g/mol. The molecule has 0 aliphatic carbocycles. The molecule has 7 nitrogen and oxygen atoms in total. The number of nitrogens with zero attached hydrogens (tertiary/aromatic N) is 1. The van der Waals surface area contributed by atoms with Crippen molar-refractivity contribution in [3.05, 3.63) is 66.4 Å². The lowest BCUT2D eigenvalue weighted by molar-refractivity contribution is -0.121. The van der Waals surface area contributed by atoms with Crippen LogP contribution in [0.1, 0.15) is 18.4 Å². The first-order valence-corrected chi connectivity index (χ1v) is 9.64. The van der Waals surface area contributed by atoms with Crippen LogP contribution in [0.15, 0.2) is 60.8 Å². The quantitative estimate of drug-likeness (QED) is 0.542. The Morgan fingerprint density at radius 1 is 1.03 bits per heavy atom. The van der Waals surface area contributed by atoms with E-state index in [9.17, 15) is 14.4 Å². The summed E-state index contributed by atoms with van der Waals surface area (Å²) in [6.07, 6.45) is 3.12. The van der Waals surface area contributed by atoms with Gasteiger partial charge in [-0.1, -0.05) is 36.4 Å². The minimum atomic E-state index is -0.679. The van der Waals surface area contributed by atoms with Crippen LogP contribution in [0.2, 0.25) is 0 Å². The number of H-pyrrole nitrogens is 1. The third kappa shape index (κ3) is 3.99. The van der Waals surface area contributed by atoms with E-state index >= 15 is 0 Å². The Balaban J connectivity index is 1.25. The number of fused-ring (bicyclic) bond motifs is 1. The number of nitrogens with one attached hydrogen (secondary N) is 3. The second kappa shape index (κ2) is 8.18. The van der Waals surface area contributed by atoms with E-state index in [-0.39, 0.29) is 24.7 Å². The Kier molecular flexibility index (Phi) is 5.29. The van der Waals surface area contributed by atoms with E-state index < -0.39 is 12.1 Å². The lowest BCUT2D eigenvalue weighted by atomic mass is 10.1. The molecular weight excluding hydrogens is 368 g/mol. The van der Waals surface area contributed by atoms with Gasteiger partial charge in [0.1, 0.15) is 6.04 Å². The summed E-state index contributed by atoms with van der Waals surface area (Å²) in [5, 5.41) is 6.70. The van der Waals surface area contributed by atoms with E-state index in [0.717, 1.165) is 27.8 Å². The number of anilines is 1. The van der Waals surface area contributed by atoms with Crippen molar-refractivity contribution < 1.29 is 14.4 Å². The Bertz CT molecular complexity index is 1040. The van der Waals surface area contributed by atoms with Crippen LogP contribution in [0.4, 0.5) is 10.5 Å². The standard InChI is InChI=1S/C22H22N4O3/c27-20(23-13-12-15-14-24-18-9-5-4-8-17(15)18)11-10-19-21(28)26(22(29)25-19)16-6-2-1-3-7-16/h1-9,14,19,24H,10-13H2,(H,23,27)(H,25,29)/t19-/m1/s1. The predicted molar refractivity (Wildman–Crippen MR) is 110 cm³/mol. The van der Waals surface area contributed by atoms with Gasteiger partial charge in [0.2, 0.25) is 5.91 Å². The van der Waals surface area contributed by atoms with Crippen molar-refractivity contribution >= 4 is 34.4 Å². The molecule has 3 N–H and O–H groups in total. The summed E-state index contributed by atoms with van der Waals surface area (Å²) in [4.78, 5) is 41.2. The first-order valence-electron chi connectivity index (χ1n) is 9.64. The maximum absolute atomic E-state index is 12.5. The summed E-state index contributed by atoms with van der Waals surface area (Å²) >= 11 is 0. The lowest BCUT2D eigenvalue weighted by Crippen LogP contribution is -2.33. The molecule has 0 unspecified atom stereocenters. The lowest BCUT2D eigenvalue weighted by Gasteiger charge is -2.12. The number of amides is 4. The third-order valence-electron chi connectivity index (χ3n) is 5.09. The first kappa shape index (κ1) is 18.7. The van der Waals surface area contributed by atoms with Crippen LogP contribution < -0.4 is 15.5 Å². The fourth-order valence-electron chi connectivity index (χ4n) is 3.59. The van der Waals surface area contributed by atoms with Gasteiger partial charge < -0.3 is 15.6 Å². The SMILES string of the molecule is O=C(CC[C@H]1NC(=O)N(c2ccccc2)C1=O)NCCc1c[nH]c2ccccc12. The van der Waals surface area contributed by atoms with Crippen molar-refractivity contribution in [1.82, 2.24) is 15.6 Å². The maximum atomic E-state index is 12.5. The molecule has 2 heterocycles. The highest BCUT2D eigenvalue weighted by molar-refractivity contribution is 6.21. The molecule has 1 aromatic heterocycles. The van der Waals surface area contributed by atoms with E-state index in [2.05, 4.69) is 21.7 Å². The van der Waals surface area contributed by atoms with Crippen molar-refractivity contribution in [1.29, 1.82) is 0 Å². The maximum Gasteiger partial charge on any atom is 0.329 e. The van der Waals surface area contributed by atoms with Crippen molar-refractivity contribution in [2.75, 3.05) is 11.4 Å². The second-order valence-electron chi connectivity index (χ2n) is 7.01. The highest BCUT2D eigenvalue weighted by atomic mass is 16.2. The normalized spacial score (nSPS) is 16.3. The first-order chi connectivity index (χ1) is 14.1. The number of imide groups is 1. The predicted octanol–water partition coefficient (Wildman–Crippen LogP) is 2.73. The molecule has 1 aliphatic rings. The van der Waals surface area contributed by atoms with Gasteiger partial charge in [-0.05, 0) is 36.6 Å². The molecule has 1 fully saturated rings. The zero-order valence-corrected chi connectivity index (χ0v) is 15.9. The number of urea groups is 1. The van der Waals surface area contributed by atoms with Crippen molar-refractivity contribution in [2.24, 2.45) is 0 Å². The van der Waals surface area contributed by atoms with Gasteiger partial charge in [-0.15, -0.1) is 0 Å². The minimum absolute atomic E-state index is 0.134. The summed E-state index contributed by atoms with van der Waals surface area (Å²) in [7, 11) is 0. The summed E-state index contributed by atoms with van der Waals surface area (Å²) < 4.78 is 0. The number of aromatic nitrogens is 1. The molecule has 0 radical (unpaired) electrons. The van der Waals surface area contributed by atoms with E-state index in [1.165, 1.54) is 0 Å². The number of carbonyl (C=O) groups excluding carboxylic acids is 3. The molecule has 4 rings (SSSR count). The molecule has 0 saturated carbocycles. The van der Waals surface area contributed by atoms with Crippen LogP contribution in [0.3, 0.4) is 0 Å². The average Bonchev–Trinajstić information content (AvgIpc) is 3.27. The average molecular weight is 390 g/mol. The van der Waals surface area contributed by atoms with Gasteiger partial charge in [-0.2, -0.15) is 0 Å². The number of hydrogen-bond donors (Lipinski definition) is 3. The molecular formula is C22H22N4O3. The smallest absolute Gasteiger partial charge is 0.329 e. The van der Waals surface area contributed by atoms with Gasteiger partial charge in [0, 0.05) is 30.1 Å². The molecule has 1 saturated heterocycles. The number of benzene rings is 2. The topological polar surface area (TPSA) is 94.3 Å². The number of para-hydroxylation sites is 2. The second-order valence-corrected chi connectivity index (χ2v) is 7.01. The Hall–Kier alpha value is -3.61. The van der Waals surface area contributed by atoms with Crippen LogP contribution in [-0.4, -0.2) is 35.4 Å². The van der Waals surface area contributed by atoms with Gasteiger partial charge in [-0.25, -0.2) is 9.69 Å². The molecule has 2 aromatic carbocycles. The number of hydrogen-bond acceptors (Lipinski definition) is 3. The van der Waals surface area contributed by atoms with Crippen LogP contribution >= 0.6 is 0 Å². The minimum Gasteiger partial charge on any atom is -0.361 e. The zero-order chi connectivity index (χ0) is 20.2. The largest absolute Gasteiger partial charge is 0.361 e. The molecule has 7 heteroatoms. The number of aromatic amines is 1. The Labute approximate surface area is 168 Å². The summed E-state index contributed by atoms with van der Waals surface area (Å²) in [6, 6.07) is 15.7. The fraction of sp³-hybridized carbons (Fsp3) is 0.227. The van der Waals surface area contributed by atoms with Crippen LogP contribution in [-0.2, 0) is 16.0 Å². The summed E-state index contributed by atoms with van der Waals surface area (Å²) in [5.74, 6) is -0.460. The van der Waals surface area contributed by atoms with Crippen molar-refractivity contribution in [2.45, 2.75) is 25.3 Å². The molecule has 3 aromatic rings.